The van der Waals surface area contributed by atoms with Gasteiger partial charge < -0.3 is 26.2 Å². The summed E-state index contributed by atoms with van der Waals surface area (Å²) in [5.41, 5.74) is 1.81. The monoisotopic (exact) mass is 555 g/mol. The second kappa shape index (κ2) is 9.60. The maximum absolute atomic E-state index is 13.8. The molecule has 0 heterocycles. The Kier molecular flexibility index (Phi) is 7.06. The normalized spacial score (nSPS) is 27.3. The number of nitrogens with two attached hydrogens (primary N) is 1. The van der Waals surface area contributed by atoms with Gasteiger partial charge in [-0.1, -0.05) is 11.6 Å². The molecular weight excluding hydrogens is 528 g/mol. The molecule has 0 aliphatic heterocycles. The Balaban J connectivity index is 1.88. The van der Waals surface area contributed by atoms with E-state index < -0.39 is 76.8 Å². The highest BCUT2D eigenvalue weighted by Crippen LogP contribution is 2.53. The number of benzene rings is 1. The van der Waals surface area contributed by atoms with Crippen LogP contribution in [0.25, 0.3) is 5.76 Å². The second-order valence-electron chi connectivity index (χ2n) is 10.3. The van der Waals surface area contributed by atoms with Crippen LogP contribution in [0.4, 0.5) is 8.78 Å². The molecular formula is C25H28ClF2N3O7. The Labute approximate surface area is 221 Å². The summed E-state index contributed by atoms with van der Waals surface area (Å²) in [5, 5.41) is 44.4. The molecule has 206 valence electrons. The van der Waals surface area contributed by atoms with Gasteiger partial charge in [0.1, 0.15) is 22.8 Å². The number of aromatic hydroxyl groups is 1. The van der Waals surface area contributed by atoms with E-state index in [2.05, 4.69) is 0 Å². The highest BCUT2D eigenvalue weighted by molar-refractivity contribution is 6.32. The van der Waals surface area contributed by atoms with E-state index in [-0.39, 0.29) is 41.1 Å². The fraction of sp³-hybridized carbons (Fsp3) is 0.480. The number of fused-ring (bicyclic) bond motifs is 3. The molecule has 0 bridgehead atoms. The van der Waals surface area contributed by atoms with Crippen molar-refractivity contribution in [2.75, 3.05) is 27.7 Å². The minimum Gasteiger partial charge on any atom is -0.508 e. The van der Waals surface area contributed by atoms with Crippen LogP contribution in [0.15, 0.2) is 23.0 Å². The van der Waals surface area contributed by atoms with Gasteiger partial charge in [-0.15, -0.1) is 0 Å². The van der Waals surface area contributed by atoms with Crippen LogP contribution >= 0.6 is 11.6 Å². The quantitative estimate of drug-likeness (QED) is 0.325. The standard InChI is InChI=1S/C25H28ClF2N3O7/c1-30(2)19-12-5-9-4-11-16(13(32)6-10(18(11)26)7-31(3)8-14(27)28)20(33)15(9)22(35)25(12,38)23(36)17(21(19)34)24(29)37/h6,9,12,14,19,32-33,36,38H,4-5,7-8H2,1-3H3,(H2,29,37)/t9-,12-,19-,25-/m0/s1. The van der Waals surface area contributed by atoms with Crippen molar-refractivity contribution in [3.63, 3.8) is 0 Å². The zero-order valence-electron chi connectivity index (χ0n) is 20.8. The number of amides is 1. The summed E-state index contributed by atoms with van der Waals surface area (Å²) in [4.78, 5) is 41.6. The second-order valence-corrected chi connectivity index (χ2v) is 10.6. The average Bonchev–Trinajstić information content (AvgIpc) is 2.78. The molecule has 38 heavy (non-hydrogen) atoms. The summed E-state index contributed by atoms with van der Waals surface area (Å²) >= 11 is 6.60. The lowest BCUT2D eigenvalue weighted by molar-refractivity contribution is -0.153. The van der Waals surface area contributed by atoms with Crippen molar-refractivity contribution in [3.05, 3.63) is 44.7 Å². The highest BCUT2D eigenvalue weighted by atomic mass is 35.5. The Hall–Kier alpha value is -3.06. The van der Waals surface area contributed by atoms with Crippen LogP contribution in [0.1, 0.15) is 23.1 Å². The number of alkyl halides is 2. The number of likely N-dealkylation sites (N-methyl/N-ethyl adjacent to an activating group) is 1. The molecule has 0 unspecified atom stereocenters. The number of aliphatic hydroxyl groups excluding tert-OH is 2. The number of phenols is 1. The van der Waals surface area contributed by atoms with E-state index in [0.717, 1.165) is 0 Å². The van der Waals surface area contributed by atoms with E-state index in [1.54, 1.807) is 0 Å². The first-order valence-electron chi connectivity index (χ1n) is 11.8. The topological polar surface area (TPSA) is 165 Å². The molecule has 1 aromatic rings. The van der Waals surface area contributed by atoms with Gasteiger partial charge in [0.15, 0.2) is 11.4 Å². The molecule has 0 aromatic heterocycles. The number of primary amides is 1. The third-order valence-corrected chi connectivity index (χ3v) is 8.09. The molecule has 4 rings (SSSR count). The molecule has 6 N–H and O–H groups in total. The number of hydrogen-bond donors (Lipinski definition) is 5. The van der Waals surface area contributed by atoms with Crippen LogP contribution in [-0.2, 0) is 27.3 Å². The van der Waals surface area contributed by atoms with E-state index in [1.165, 1.54) is 37.0 Å². The lowest BCUT2D eigenvalue weighted by atomic mass is 9.57. The molecule has 3 aliphatic carbocycles. The lowest BCUT2D eigenvalue weighted by Gasteiger charge is -2.50. The average molecular weight is 556 g/mol. The molecule has 0 saturated heterocycles. The number of nitrogens with zero attached hydrogens (tertiary/aromatic N) is 2. The van der Waals surface area contributed by atoms with Crippen molar-refractivity contribution in [1.29, 1.82) is 0 Å². The molecule has 1 amide bonds. The Morgan fingerprint density at radius 1 is 1.24 bits per heavy atom. The summed E-state index contributed by atoms with van der Waals surface area (Å²) in [6, 6.07) is 0.000250. The molecule has 0 spiro atoms. The summed E-state index contributed by atoms with van der Waals surface area (Å²) in [6.45, 7) is -0.565. The molecule has 0 radical (unpaired) electrons. The number of rotatable bonds is 6. The minimum absolute atomic E-state index is 0.00728. The van der Waals surface area contributed by atoms with Gasteiger partial charge in [-0.25, -0.2) is 8.78 Å². The number of carbonyl (C=O) groups is 3. The summed E-state index contributed by atoms with van der Waals surface area (Å²) in [6.07, 6.45) is -2.67. The van der Waals surface area contributed by atoms with Crippen molar-refractivity contribution in [2.24, 2.45) is 17.6 Å². The third-order valence-electron chi connectivity index (χ3n) is 7.62. The maximum Gasteiger partial charge on any atom is 0.255 e. The van der Waals surface area contributed by atoms with E-state index in [4.69, 9.17) is 17.3 Å². The zero-order valence-corrected chi connectivity index (χ0v) is 21.6. The van der Waals surface area contributed by atoms with Gasteiger partial charge in [-0.05, 0) is 57.1 Å². The molecule has 13 heteroatoms. The van der Waals surface area contributed by atoms with Crippen LogP contribution in [-0.4, -0.2) is 93.5 Å². The Morgan fingerprint density at radius 2 is 1.87 bits per heavy atom. The Morgan fingerprint density at radius 3 is 2.42 bits per heavy atom. The predicted molar refractivity (Wildman–Crippen MR) is 132 cm³/mol. The fourth-order valence-corrected chi connectivity index (χ4v) is 6.34. The summed E-state index contributed by atoms with van der Waals surface area (Å²) in [7, 11) is 4.46. The molecule has 10 nitrogen and oxygen atoms in total. The van der Waals surface area contributed by atoms with Gasteiger partial charge in [0.25, 0.3) is 12.3 Å². The SMILES string of the molecule is CN(Cc1cc(O)c2c(c1Cl)C[C@H]1C[C@H]3[C@H](N(C)C)C(=O)C(C(N)=O)=C(O)[C@@]3(O)C(=O)C1=C2O)CC(F)F. The van der Waals surface area contributed by atoms with E-state index in [1.807, 2.05) is 0 Å². The minimum atomic E-state index is -2.73. The number of Topliss-reactive ketones (excluding diaryl/α,β-unsaturated/α-hetero) is 2. The van der Waals surface area contributed by atoms with Gasteiger partial charge in [-0.2, -0.15) is 0 Å². The van der Waals surface area contributed by atoms with E-state index >= 15 is 0 Å². The van der Waals surface area contributed by atoms with Gasteiger partial charge in [-0.3, -0.25) is 24.2 Å². The van der Waals surface area contributed by atoms with Gasteiger partial charge >= 0.3 is 0 Å². The van der Waals surface area contributed by atoms with E-state index in [0.29, 0.717) is 5.56 Å². The molecule has 1 saturated carbocycles. The first kappa shape index (κ1) is 28.0. The van der Waals surface area contributed by atoms with E-state index in [9.17, 15) is 43.6 Å². The fourth-order valence-electron chi connectivity index (χ4n) is 6.05. The smallest absolute Gasteiger partial charge is 0.255 e. The predicted octanol–water partition coefficient (Wildman–Crippen LogP) is 1.31. The van der Waals surface area contributed by atoms with Crippen LogP contribution in [0.2, 0.25) is 5.02 Å². The largest absolute Gasteiger partial charge is 0.508 e. The number of halogens is 3. The molecule has 1 fully saturated rings. The Bertz CT molecular complexity index is 1310. The van der Waals surface area contributed by atoms with Crippen molar-refractivity contribution < 1.29 is 43.6 Å². The molecule has 4 atom stereocenters. The molecule has 3 aliphatic rings. The first-order valence-corrected chi connectivity index (χ1v) is 12.1. The van der Waals surface area contributed by atoms with Gasteiger partial charge in [0.2, 0.25) is 5.78 Å². The third kappa shape index (κ3) is 4.06. The summed E-state index contributed by atoms with van der Waals surface area (Å²) in [5.74, 6) is -7.61. The summed E-state index contributed by atoms with van der Waals surface area (Å²) < 4.78 is 25.6. The van der Waals surface area contributed by atoms with Crippen molar-refractivity contribution in [2.45, 2.75) is 37.5 Å². The number of aliphatic hydroxyl groups is 3. The van der Waals surface area contributed by atoms with Crippen molar-refractivity contribution in [3.8, 4) is 5.75 Å². The van der Waals surface area contributed by atoms with Gasteiger partial charge in [0, 0.05) is 23.1 Å². The first-order chi connectivity index (χ1) is 17.6. The van der Waals surface area contributed by atoms with Crippen LogP contribution < -0.4 is 5.73 Å². The number of carbonyl (C=O) groups excluding carboxylic acids is 3. The number of hydrogen-bond acceptors (Lipinski definition) is 9. The van der Waals surface area contributed by atoms with Crippen LogP contribution in [0, 0.1) is 11.8 Å². The van der Waals surface area contributed by atoms with Crippen LogP contribution in [0.5, 0.6) is 5.75 Å². The zero-order chi connectivity index (χ0) is 28.4. The van der Waals surface area contributed by atoms with Crippen molar-refractivity contribution in [1.82, 2.24) is 9.80 Å². The highest BCUT2D eigenvalue weighted by Gasteiger charge is 2.64. The maximum atomic E-state index is 13.8. The van der Waals surface area contributed by atoms with Gasteiger partial charge in [0.05, 0.1) is 18.2 Å². The van der Waals surface area contributed by atoms with Crippen LogP contribution in [0.3, 0.4) is 0 Å². The number of ketones is 2. The molecule has 1 aromatic carbocycles. The number of phenolic OH excluding ortho intramolecular Hbond substituents is 1. The lowest BCUT2D eigenvalue weighted by Crippen LogP contribution is -2.65. The van der Waals surface area contributed by atoms with Crippen molar-refractivity contribution >= 4 is 34.8 Å².